The summed E-state index contributed by atoms with van der Waals surface area (Å²) >= 11 is 0. The van der Waals surface area contributed by atoms with Crippen LogP contribution < -0.4 is 14.8 Å². The van der Waals surface area contributed by atoms with E-state index in [1.165, 1.54) is 12.8 Å². The second kappa shape index (κ2) is 12.1. The Morgan fingerprint density at radius 3 is 2.65 bits per heavy atom. The van der Waals surface area contributed by atoms with Crippen molar-refractivity contribution in [2.75, 3.05) is 19.8 Å². The van der Waals surface area contributed by atoms with Gasteiger partial charge in [0.05, 0.1) is 19.5 Å². The van der Waals surface area contributed by atoms with E-state index in [-0.39, 0.29) is 6.03 Å². The number of ether oxygens (including phenoxy) is 2. The minimum atomic E-state index is -0.103. The molecule has 1 N–H and O–H groups in total. The number of benzene rings is 1. The Bertz CT molecular complexity index is 1000. The van der Waals surface area contributed by atoms with Gasteiger partial charge in [0.1, 0.15) is 5.75 Å². The van der Waals surface area contributed by atoms with Gasteiger partial charge in [-0.3, -0.25) is 0 Å². The topological polar surface area (TPSA) is 81.5 Å². The molecular weight excluding hydrogens is 430 g/mol. The zero-order valence-corrected chi connectivity index (χ0v) is 19.7. The number of aromatic nitrogens is 3. The maximum Gasteiger partial charge on any atom is 0.317 e. The number of imidazole rings is 1. The van der Waals surface area contributed by atoms with E-state index in [0.717, 1.165) is 36.4 Å². The van der Waals surface area contributed by atoms with Crippen molar-refractivity contribution in [3.63, 3.8) is 0 Å². The molecule has 0 bridgehead atoms. The number of hydrogen-bond donors (Lipinski definition) is 1. The van der Waals surface area contributed by atoms with Crippen molar-refractivity contribution < 1.29 is 14.3 Å². The first kappa shape index (κ1) is 23.6. The van der Waals surface area contributed by atoms with Crippen molar-refractivity contribution in [3.8, 4) is 11.6 Å². The van der Waals surface area contributed by atoms with E-state index < -0.39 is 0 Å². The molecule has 1 saturated carbocycles. The van der Waals surface area contributed by atoms with Gasteiger partial charge < -0.3 is 24.3 Å². The number of rotatable bonds is 13. The fraction of sp³-hybridized carbons (Fsp3) is 0.423. The number of nitrogens with zero attached hydrogens (tertiary/aromatic N) is 4. The molecular formula is C26H33N5O3. The average molecular weight is 464 g/mol. The second-order valence-electron chi connectivity index (χ2n) is 8.57. The maximum absolute atomic E-state index is 13.1. The average Bonchev–Trinajstić information content (AvgIpc) is 3.55. The Labute approximate surface area is 200 Å². The normalized spacial score (nSPS) is 12.9. The number of urea groups is 1. The van der Waals surface area contributed by atoms with E-state index in [4.69, 9.17) is 9.47 Å². The third kappa shape index (κ3) is 7.50. The lowest BCUT2D eigenvalue weighted by molar-refractivity contribution is 0.193. The molecule has 2 heterocycles. The van der Waals surface area contributed by atoms with Crippen LogP contribution in [-0.4, -0.2) is 45.2 Å². The first-order chi connectivity index (χ1) is 16.7. The van der Waals surface area contributed by atoms with Gasteiger partial charge in [0.2, 0.25) is 5.88 Å². The fourth-order valence-corrected chi connectivity index (χ4v) is 3.57. The van der Waals surface area contributed by atoms with Crippen LogP contribution in [0, 0.1) is 5.92 Å². The largest absolute Gasteiger partial charge is 0.494 e. The number of nitrogens with one attached hydrogen (secondary N) is 1. The molecule has 3 aromatic rings. The minimum Gasteiger partial charge on any atom is -0.494 e. The zero-order valence-electron chi connectivity index (χ0n) is 19.7. The van der Waals surface area contributed by atoms with Crippen LogP contribution in [0.2, 0.25) is 0 Å². The molecule has 0 aliphatic heterocycles. The molecule has 34 heavy (non-hydrogen) atoms. The van der Waals surface area contributed by atoms with Crippen LogP contribution in [0.5, 0.6) is 11.6 Å². The number of carbonyl (C=O) groups excluding carboxylic acids is 1. The number of pyridine rings is 1. The van der Waals surface area contributed by atoms with Gasteiger partial charge in [0.25, 0.3) is 0 Å². The quantitative estimate of drug-likeness (QED) is 0.409. The van der Waals surface area contributed by atoms with Crippen molar-refractivity contribution in [1.82, 2.24) is 24.8 Å². The Balaban J connectivity index is 1.31. The minimum absolute atomic E-state index is 0.103. The summed E-state index contributed by atoms with van der Waals surface area (Å²) in [6.07, 6.45) is 10.6. The van der Waals surface area contributed by atoms with Crippen molar-refractivity contribution in [1.29, 1.82) is 0 Å². The summed E-state index contributed by atoms with van der Waals surface area (Å²) in [7, 11) is 0. The van der Waals surface area contributed by atoms with Crippen LogP contribution in [0.3, 0.4) is 0 Å². The van der Waals surface area contributed by atoms with Crippen LogP contribution in [0.1, 0.15) is 37.3 Å². The van der Waals surface area contributed by atoms with Crippen molar-refractivity contribution in [2.45, 2.75) is 45.8 Å². The van der Waals surface area contributed by atoms with E-state index in [0.29, 0.717) is 38.0 Å². The lowest BCUT2D eigenvalue weighted by atomic mass is 10.2. The Kier molecular flexibility index (Phi) is 8.38. The van der Waals surface area contributed by atoms with Crippen LogP contribution in [0.15, 0.2) is 61.3 Å². The smallest absolute Gasteiger partial charge is 0.317 e. The molecule has 180 valence electrons. The van der Waals surface area contributed by atoms with Gasteiger partial charge >= 0.3 is 6.03 Å². The number of amides is 2. The summed E-state index contributed by atoms with van der Waals surface area (Å²) in [6, 6.07) is 11.6. The molecule has 1 aliphatic rings. The van der Waals surface area contributed by atoms with Crippen LogP contribution in [-0.2, 0) is 19.6 Å². The summed E-state index contributed by atoms with van der Waals surface area (Å²) in [5.74, 6) is 2.16. The summed E-state index contributed by atoms with van der Waals surface area (Å²) in [5, 5.41) is 3.04. The second-order valence-corrected chi connectivity index (χ2v) is 8.57. The number of aryl methyl sites for hydroxylation is 1. The van der Waals surface area contributed by atoms with Gasteiger partial charge in [-0.05, 0) is 55.4 Å². The van der Waals surface area contributed by atoms with Crippen LogP contribution in [0.4, 0.5) is 4.79 Å². The van der Waals surface area contributed by atoms with Gasteiger partial charge in [0.15, 0.2) is 0 Å². The lowest BCUT2D eigenvalue weighted by Gasteiger charge is -2.23. The molecule has 0 unspecified atom stereocenters. The molecule has 1 fully saturated rings. The molecule has 1 aromatic carbocycles. The number of carbonyl (C=O) groups is 1. The van der Waals surface area contributed by atoms with E-state index in [2.05, 4.69) is 15.3 Å². The highest BCUT2D eigenvalue weighted by Gasteiger charge is 2.22. The third-order valence-corrected chi connectivity index (χ3v) is 5.70. The van der Waals surface area contributed by atoms with Gasteiger partial charge in [-0.15, -0.1) is 0 Å². The first-order valence-corrected chi connectivity index (χ1v) is 12.0. The molecule has 0 radical (unpaired) electrons. The maximum atomic E-state index is 13.1. The molecule has 0 spiro atoms. The first-order valence-electron chi connectivity index (χ1n) is 12.0. The van der Waals surface area contributed by atoms with Gasteiger partial charge in [-0.25, -0.2) is 14.8 Å². The van der Waals surface area contributed by atoms with Crippen LogP contribution in [0.25, 0.3) is 0 Å². The Morgan fingerprint density at radius 2 is 1.97 bits per heavy atom. The van der Waals surface area contributed by atoms with E-state index >= 15 is 0 Å². The highest BCUT2D eigenvalue weighted by molar-refractivity contribution is 5.74. The highest BCUT2D eigenvalue weighted by atomic mass is 16.5. The van der Waals surface area contributed by atoms with Crippen molar-refractivity contribution in [2.24, 2.45) is 5.92 Å². The summed E-state index contributed by atoms with van der Waals surface area (Å²) in [5.41, 5.74) is 1.99. The molecule has 2 aromatic heterocycles. The molecule has 0 atom stereocenters. The summed E-state index contributed by atoms with van der Waals surface area (Å²) in [4.78, 5) is 23.3. The van der Waals surface area contributed by atoms with Gasteiger partial charge in [-0.2, -0.15) is 0 Å². The molecule has 0 saturated heterocycles. The van der Waals surface area contributed by atoms with Crippen molar-refractivity contribution >= 4 is 6.03 Å². The summed E-state index contributed by atoms with van der Waals surface area (Å²) in [6.45, 7) is 5.70. The Hall–Kier alpha value is -3.55. The Morgan fingerprint density at radius 1 is 1.15 bits per heavy atom. The van der Waals surface area contributed by atoms with Gasteiger partial charge in [-0.1, -0.05) is 18.2 Å². The van der Waals surface area contributed by atoms with Crippen molar-refractivity contribution in [3.05, 3.63) is 72.4 Å². The summed E-state index contributed by atoms with van der Waals surface area (Å²) < 4.78 is 13.2. The molecule has 8 nitrogen and oxygen atoms in total. The number of hydrogen-bond acceptors (Lipinski definition) is 5. The van der Waals surface area contributed by atoms with Crippen LogP contribution >= 0.6 is 0 Å². The zero-order chi connectivity index (χ0) is 23.6. The van der Waals surface area contributed by atoms with E-state index in [1.54, 1.807) is 18.7 Å². The standard InChI is InChI=1S/C26H33N5O3/c1-2-33-24-9-6-21(7-10-24)18-31(14-3-13-30-15-12-27-20-30)26(32)29-17-23-8-11-25(28-16-23)34-19-22-4-5-22/h6-12,15-16,20,22H,2-5,13-14,17-19H2,1H3,(H,29,32). The van der Waals surface area contributed by atoms with E-state index in [9.17, 15) is 4.79 Å². The molecule has 8 heteroatoms. The molecule has 1 aliphatic carbocycles. The highest BCUT2D eigenvalue weighted by Crippen LogP contribution is 2.29. The third-order valence-electron chi connectivity index (χ3n) is 5.70. The fourth-order valence-electron chi connectivity index (χ4n) is 3.57. The van der Waals surface area contributed by atoms with E-state index in [1.807, 2.05) is 59.0 Å². The monoisotopic (exact) mass is 463 g/mol. The molecule has 2 amide bonds. The molecule has 4 rings (SSSR count). The predicted molar refractivity (Wildman–Crippen MR) is 130 cm³/mol. The van der Waals surface area contributed by atoms with Gasteiger partial charge in [0, 0.05) is 50.8 Å². The lowest BCUT2D eigenvalue weighted by Crippen LogP contribution is -2.40. The SMILES string of the molecule is CCOc1ccc(CN(CCCn2ccnc2)C(=O)NCc2ccc(OCC3CC3)nc2)cc1. The predicted octanol–water partition coefficient (Wildman–Crippen LogP) is 4.27.